The Balaban J connectivity index is 1.81. The van der Waals surface area contributed by atoms with E-state index < -0.39 is 10.0 Å². The zero-order chi connectivity index (χ0) is 24.4. The Bertz CT molecular complexity index is 1020. The van der Waals surface area contributed by atoms with Gasteiger partial charge in [-0.1, -0.05) is 43.2 Å². The summed E-state index contributed by atoms with van der Waals surface area (Å²) >= 11 is 0. The Labute approximate surface area is 203 Å². The fourth-order valence-corrected chi connectivity index (χ4v) is 5.95. The first-order valence-corrected chi connectivity index (χ1v) is 13.4. The molecule has 1 saturated heterocycles. The van der Waals surface area contributed by atoms with E-state index in [1.54, 1.807) is 24.1 Å². The third-order valence-electron chi connectivity index (χ3n) is 6.18. The summed E-state index contributed by atoms with van der Waals surface area (Å²) in [6.45, 7) is 2.38. The van der Waals surface area contributed by atoms with Crippen molar-refractivity contribution in [3.05, 3.63) is 59.7 Å². The Hall–Kier alpha value is -2.42. The standard InChI is InChI=1S/C26H36N2O5S/c1-32-20-19-27(16-10-13-22-11-6-5-7-12-22)26(29)23-14-15-24(33-2)25(21-23)34(30,31)28-17-8-3-4-9-18-28/h5-7,11-12,14-15,21H,3-4,8-10,13,16-20H2,1-2H3. The first-order chi connectivity index (χ1) is 16.5. The quantitative estimate of drug-likeness (QED) is 0.478. The van der Waals surface area contributed by atoms with Crippen LogP contribution in [0.1, 0.15) is 48.0 Å². The smallest absolute Gasteiger partial charge is 0.253 e. The lowest BCUT2D eigenvalue weighted by molar-refractivity contribution is 0.0693. The van der Waals surface area contributed by atoms with E-state index in [0.29, 0.717) is 38.3 Å². The largest absolute Gasteiger partial charge is 0.495 e. The molecule has 0 bridgehead atoms. The number of carbonyl (C=O) groups excluding carboxylic acids is 1. The molecule has 0 aromatic heterocycles. The summed E-state index contributed by atoms with van der Waals surface area (Å²) in [6.07, 6.45) is 5.39. The summed E-state index contributed by atoms with van der Waals surface area (Å²) in [5.41, 5.74) is 1.56. The van der Waals surface area contributed by atoms with Gasteiger partial charge in [-0.15, -0.1) is 0 Å². The molecular formula is C26H36N2O5S. The van der Waals surface area contributed by atoms with E-state index in [2.05, 4.69) is 12.1 Å². The topological polar surface area (TPSA) is 76.1 Å². The first-order valence-electron chi connectivity index (χ1n) is 12.0. The van der Waals surface area contributed by atoms with Crippen molar-refractivity contribution in [1.29, 1.82) is 0 Å². The highest BCUT2D eigenvalue weighted by atomic mass is 32.2. The highest BCUT2D eigenvalue weighted by Gasteiger charge is 2.29. The number of hydrogen-bond acceptors (Lipinski definition) is 5. The van der Waals surface area contributed by atoms with Crippen LogP contribution in [-0.4, -0.2) is 70.5 Å². The van der Waals surface area contributed by atoms with Crippen molar-refractivity contribution in [2.24, 2.45) is 0 Å². The van der Waals surface area contributed by atoms with Crippen molar-refractivity contribution in [3.8, 4) is 5.75 Å². The number of amides is 1. The summed E-state index contributed by atoms with van der Waals surface area (Å²) < 4.78 is 39.0. The minimum Gasteiger partial charge on any atom is -0.495 e. The van der Waals surface area contributed by atoms with Gasteiger partial charge in [0.25, 0.3) is 5.91 Å². The molecule has 0 aliphatic carbocycles. The molecule has 2 aromatic rings. The maximum Gasteiger partial charge on any atom is 0.253 e. The van der Waals surface area contributed by atoms with E-state index in [4.69, 9.17) is 9.47 Å². The van der Waals surface area contributed by atoms with Crippen molar-refractivity contribution in [2.45, 2.75) is 43.4 Å². The number of aryl methyl sites for hydroxylation is 1. The average molecular weight is 489 g/mol. The van der Waals surface area contributed by atoms with Crippen molar-refractivity contribution in [3.63, 3.8) is 0 Å². The molecule has 1 amide bonds. The Kier molecular flexibility index (Phi) is 9.92. The van der Waals surface area contributed by atoms with Crippen molar-refractivity contribution in [2.75, 3.05) is 47.0 Å². The van der Waals surface area contributed by atoms with E-state index in [1.165, 1.54) is 23.0 Å². The highest BCUT2D eigenvalue weighted by molar-refractivity contribution is 7.89. The van der Waals surface area contributed by atoms with Gasteiger partial charge in [-0.05, 0) is 49.4 Å². The van der Waals surface area contributed by atoms with E-state index in [0.717, 1.165) is 38.5 Å². The average Bonchev–Trinajstić information content (AvgIpc) is 3.16. The summed E-state index contributed by atoms with van der Waals surface area (Å²) in [7, 11) is -0.713. The molecule has 0 saturated carbocycles. The van der Waals surface area contributed by atoms with Crippen LogP contribution in [0.2, 0.25) is 0 Å². The number of rotatable bonds is 11. The van der Waals surface area contributed by atoms with E-state index in [1.807, 2.05) is 18.2 Å². The highest BCUT2D eigenvalue weighted by Crippen LogP contribution is 2.30. The SMILES string of the molecule is COCCN(CCCc1ccccc1)C(=O)c1ccc(OC)c(S(=O)(=O)N2CCCCCC2)c1. The number of benzene rings is 2. The van der Waals surface area contributed by atoms with Gasteiger partial charge >= 0.3 is 0 Å². The summed E-state index contributed by atoms with van der Waals surface area (Å²) in [5.74, 6) is 0.0494. The number of carbonyl (C=O) groups is 1. The van der Waals surface area contributed by atoms with Gasteiger partial charge in [-0.3, -0.25) is 4.79 Å². The van der Waals surface area contributed by atoms with Crippen LogP contribution in [0.5, 0.6) is 5.75 Å². The van der Waals surface area contributed by atoms with E-state index >= 15 is 0 Å². The van der Waals surface area contributed by atoms with Crippen LogP contribution >= 0.6 is 0 Å². The molecule has 0 N–H and O–H groups in total. The zero-order valence-corrected chi connectivity index (χ0v) is 21.1. The van der Waals surface area contributed by atoms with Crippen LogP contribution in [-0.2, 0) is 21.2 Å². The first kappa shape index (κ1) is 26.2. The molecular weight excluding hydrogens is 452 g/mol. The molecule has 0 radical (unpaired) electrons. The van der Waals surface area contributed by atoms with Gasteiger partial charge in [0.1, 0.15) is 10.6 Å². The van der Waals surface area contributed by atoms with Crippen LogP contribution < -0.4 is 4.74 Å². The summed E-state index contributed by atoms with van der Waals surface area (Å²) in [6, 6.07) is 14.8. The number of ether oxygens (including phenoxy) is 2. The molecule has 1 heterocycles. The van der Waals surface area contributed by atoms with Crippen LogP contribution in [0.4, 0.5) is 0 Å². The lowest BCUT2D eigenvalue weighted by atomic mass is 10.1. The zero-order valence-electron chi connectivity index (χ0n) is 20.2. The predicted octanol–water partition coefficient (Wildman–Crippen LogP) is 3.98. The third kappa shape index (κ3) is 6.81. The molecule has 2 aromatic carbocycles. The minimum absolute atomic E-state index is 0.0544. The summed E-state index contributed by atoms with van der Waals surface area (Å²) in [4.78, 5) is 15.2. The number of sulfonamides is 1. The second kappa shape index (κ2) is 12.9. The maximum atomic E-state index is 13.5. The number of methoxy groups -OCH3 is 2. The lowest BCUT2D eigenvalue weighted by Gasteiger charge is -2.24. The lowest BCUT2D eigenvalue weighted by Crippen LogP contribution is -2.35. The minimum atomic E-state index is -3.77. The normalized spacial score (nSPS) is 15.0. The molecule has 3 rings (SSSR count). The maximum absolute atomic E-state index is 13.5. The van der Waals surface area contributed by atoms with Crippen molar-refractivity contribution in [1.82, 2.24) is 9.21 Å². The van der Waals surface area contributed by atoms with E-state index in [-0.39, 0.29) is 16.6 Å². The molecule has 8 heteroatoms. The van der Waals surface area contributed by atoms with Crippen molar-refractivity contribution >= 4 is 15.9 Å². The fourth-order valence-electron chi connectivity index (χ4n) is 4.25. The summed E-state index contributed by atoms with van der Waals surface area (Å²) in [5, 5.41) is 0. The van der Waals surface area contributed by atoms with Crippen LogP contribution in [0.25, 0.3) is 0 Å². The predicted molar refractivity (Wildman–Crippen MR) is 133 cm³/mol. The molecule has 0 unspecified atom stereocenters. The van der Waals surface area contributed by atoms with Crippen LogP contribution in [0, 0.1) is 0 Å². The second-order valence-electron chi connectivity index (χ2n) is 8.56. The molecule has 1 fully saturated rings. The molecule has 0 atom stereocenters. The van der Waals surface area contributed by atoms with Gasteiger partial charge < -0.3 is 14.4 Å². The molecule has 186 valence electrons. The Morgan fingerprint density at radius 3 is 2.32 bits per heavy atom. The molecule has 34 heavy (non-hydrogen) atoms. The van der Waals surface area contributed by atoms with Gasteiger partial charge in [0.15, 0.2) is 0 Å². The Morgan fingerprint density at radius 2 is 1.68 bits per heavy atom. The van der Waals surface area contributed by atoms with Gasteiger partial charge in [0.05, 0.1) is 13.7 Å². The van der Waals surface area contributed by atoms with E-state index in [9.17, 15) is 13.2 Å². The second-order valence-corrected chi connectivity index (χ2v) is 10.5. The van der Waals surface area contributed by atoms with Crippen molar-refractivity contribution < 1.29 is 22.7 Å². The van der Waals surface area contributed by atoms with Gasteiger partial charge in [0.2, 0.25) is 10.0 Å². The van der Waals surface area contributed by atoms with Crippen LogP contribution in [0.15, 0.2) is 53.4 Å². The third-order valence-corrected chi connectivity index (χ3v) is 8.10. The molecule has 1 aliphatic heterocycles. The molecule has 7 nitrogen and oxygen atoms in total. The molecule has 1 aliphatic rings. The Morgan fingerprint density at radius 1 is 0.971 bits per heavy atom. The van der Waals surface area contributed by atoms with Gasteiger partial charge in [-0.25, -0.2) is 8.42 Å². The monoisotopic (exact) mass is 488 g/mol. The van der Waals surface area contributed by atoms with Gasteiger partial charge in [0, 0.05) is 38.9 Å². The van der Waals surface area contributed by atoms with Gasteiger partial charge in [-0.2, -0.15) is 4.31 Å². The number of hydrogen-bond donors (Lipinski definition) is 0. The number of nitrogens with zero attached hydrogens (tertiary/aromatic N) is 2. The van der Waals surface area contributed by atoms with Crippen LogP contribution in [0.3, 0.4) is 0 Å². The molecule has 0 spiro atoms. The fraction of sp³-hybridized carbons (Fsp3) is 0.500.